The second-order valence-electron chi connectivity index (χ2n) is 3.26. The minimum atomic E-state index is -1.20. The third kappa shape index (κ3) is 3.57. The van der Waals surface area contributed by atoms with Gasteiger partial charge in [0.25, 0.3) is 0 Å². The van der Waals surface area contributed by atoms with Crippen LogP contribution in [0.5, 0.6) is 0 Å². The Kier molecular flexibility index (Phi) is 4.16. The number of hydrogen-bond donors (Lipinski definition) is 2. The van der Waals surface area contributed by atoms with E-state index in [9.17, 15) is 14.4 Å². The van der Waals surface area contributed by atoms with Crippen LogP contribution in [0, 0.1) is 0 Å². The lowest BCUT2D eigenvalue weighted by atomic mass is 10.1. The Hall–Kier alpha value is -2.43. The van der Waals surface area contributed by atoms with Gasteiger partial charge in [-0.1, -0.05) is 12.2 Å². The molecule has 5 heteroatoms. The van der Waals surface area contributed by atoms with E-state index in [1.807, 2.05) is 0 Å². The summed E-state index contributed by atoms with van der Waals surface area (Å²) in [6, 6.07) is 3.77. The molecule has 5 nitrogen and oxygen atoms in total. The summed E-state index contributed by atoms with van der Waals surface area (Å²) >= 11 is 0. The van der Waals surface area contributed by atoms with Crippen molar-refractivity contribution in [3.05, 3.63) is 41.0 Å². The van der Waals surface area contributed by atoms with Crippen molar-refractivity contribution in [1.29, 1.82) is 0 Å². The molecule has 88 valence electrons. The van der Waals surface area contributed by atoms with Crippen molar-refractivity contribution in [2.75, 3.05) is 0 Å². The number of carboxylic acids is 2. The molecule has 0 aromatic heterocycles. The number of aromatic carboxylic acids is 2. The Morgan fingerprint density at radius 3 is 2.00 bits per heavy atom. The maximum atomic E-state index is 10.8. The highest BCUT2D eigenvalue weighted by Gasteiger charge is 2.10. The van der Waals surface area contributed by atoms with Crippen molar-refractivity contribution >= 4 is 24.3 Å². The number of aldehydes is 1. The van der Waals surface area contributed by atoms with E-state index in [1.165, 1.54) is 24.3 Å². The first-order valence-corrected chi connectivity index (χ1v) is 4.76. The van der Waals surface area contributed by atoms with E-state index >= 15 is 0 Å². The molecule has 0 saturated carbocycles. The fourth-order valence-corrected chi connectivity index (χ4v) is 1.25. The molecule has 0 unspecified atom stereocenters. The standard InChI is InChI=1S/C12H10O5/c13-4-2-1-3-8-5-9(11(14)15)7-10(6-8)12(16)17/h1,3-7H,2H2,(H,14,15)(H,16,17). The zero-order valence-electron chi connectivity index (χ0n) is 8.79. The van der Waals surface area contributed by atoms with Crippen molar-refractivity contribution in [3.8, 4) is 0 Å². The number of rotatable bonds is 5. The Balaban J connectivity index is 3.16. The SMILES string of the molecule is O=CCC=Cc1cc(C(=O)O)cc(C(=O)O)c1. The van der Waals surface area contributed by atoms with Crippen molar-refractivity contribution in [1.82, 2.24) is 0 Å². The highest BCUT2D eigenvalue weighted by Crippen LogP contribution is 2.12. The molecule has 0 spiro atoms. The van der Waals surface area contributed by atoms with Crippen LogP contribution in [0.4, 0.5) is 0 Å². The fraction of sp³-hybridized carbons (Fsp3) is 0.0833. The number of benzene rings is 1. The summed E-state index contributed by atoms with van der Waals surface area (Å²) in [7, 11) is 0. The molecule has 1 aromatic carbocycles. The van der Waals surface area contributed by atoms with Gasteiger partial charge in [-0.3, -0.25) is 0 Å². The minimum absolute atomic E-state index is 0.101. The van der Waals surface area contributed by atoms with E-state index in [-0.39, 0.29) is 17.5 Å². The zero-order chi connectivity index (χ0) is 12.8. The van der Waals surface area contributed by atoms with Crippen LogP contribution in [0.15, 0.2) is 24.3 Å². The van der Waals surface area contributed by atoms with E-state index in [0.717, 1.165) is 6.07 Å². The van der Waals surface area contributed by atoms with E-state index in [1.54, 1.807) is 0 Å². The van der Waals surface area contributed by atoms with Gasteiger partial charge >= 0.3 is 11.9 Å². The summed E-state index contributed by atoms with van der Waals surface area (Å²) in [5.74, 6) is -2.39. The summed E-state index contributed by atoms with van der Waals surface area (Å²) in [6.45, 7) is 0. The summed E-state index contributed by atoms with van der Waals surface area (Å²) in [6.07, 6.45) is 3.92. The molecule has 0 aliphatic heterocycles. The minimum Gasteiger partial charge on any atom is -0.478 e. The Labute approximate surface area is 97.0 Å². The van der Waals surface area contributed by atoms with E-state index in [0.29, 0.717) is 11.8 Å². The summed E-state index contributed by atoms with van der Waals surface area (Å²) in [5.41, 5.74) is 0.232. The topological polar surface area (TPSA) is 91.7 Å². The predicted octanol–water partition coefficient (Wildman–Crippen LogP) is 1.69. The third-order valence-corrected chi connectivity index (χ3v) is 1.99. The first-order valence-electron chi connectivity index (χ1n) is 4.76. The first kappa shape index (κ1) is 12.6. The van der Waals surface area contributed by atoms with Crippen LogP contribution in [0.1, 0.15) is 32.7 Å². The van der Waals surface area contributed by atoms with Crippen LogP contribution in [0.25, 0.3) is 6.08 Å². The van der Waals surface area contributed by atoms with Gasteiger partial charge in [0, 0.05) is 6.42 Å². The molecule has 0 bridgehead atoms. The maximum absolute atomic E-state index is 10.8. The molecule has 0 amide bonds. The van der Waals surface area contributed by atoms with Gasteiger partial charge in [-0.15, -0.1) is 0 Å². The highest BCUT2D eigenvalue weighted by atomic mass is 16.4. The Bertz CT molecular complexity index is 455. The molecule has 2 N–H and O–H groups in total. The summed E-state index contributed by atoms with van der Waals surface area (Å²) < 4.78 is 0. The smallest absolute Gasteiger partial charge is 0.335 e. The molecular weight excluding hydrogens is 224 g/mol. The molecule has 17 heavy (non-hydrogen) atoms. The number of hydrogen-bond acceptors (Lipinski definition) is 3. The first-order chi connectivity index (χ1) is 8.04. The lowest BCUT2D eigenvalue weighted by Gasteiger charge is -2.01. The maximum Gasteiger partial charge on any atom is 0.335 e. The third-order valence-electron chi connectivity index (χ3n) is 1.99. The average molecular weight is 234 g/mol. The molecule has 0 aliphatic rings. The second-order valence-corrected chi connectivity index (χ2v) is 3.26. The number of carboxylic acid groups (broad SMARTS) is 2. The van der Waals surface area contributed by atoms with Gasteiger partial charge in [-0.2, -0.15) is 0 Å². The van der Waals surface area contributed by atoms with Crippen molar-refractivity contribution in [2.24, 2.45) is 0 Å². The van der Waals surface area contributed by atoms with Crippen LogP contribution in [0.3, 0.4) is 0 Å². The summed E-state index contributed by atoms with van der Waals surface area (Å²) in [5, 5.41) is 17.6. The quantitative estimate of drug-likeness (QED) is 0.756. The van der Waals surface area contributed by atoms with Crippen molar-refractivity contribution in [2.45, 2.75) is 6.42 Å². The van der Waals surface area contributed by atoms with Gasteiger partial charge in [-0.05, 0) is 23.8 Å². The van der Waals surface area contributed by atoms with Crippen LogP contribution in [0.2, 0.25) is 0 Å². The number of allylic oxidation sites excluding steroid dienone is 1. The van der Waals surface area contributed by atoms with Gasteiger partial charge < -0.3 is 15.0 Å². The average Bonchev–Trinajstić information content (AvgIpc) is 2.29. The molecule has 0 radical (unpaired) electrons. The number of carbonyl (C=O) groups is 3. The van der Waals surface area contributed by atoms with Crippen molar-refractivity contribution in [3.63, 3.8) is 0 Å². The second kappa shape index (κ2) is 5.60. The van der Waals surface area contributed by atoms with Gasteiger partial charge in [0.1, 0.15) is 6.29 Å². The van der Waals surface area contributed by atoms with Gasteiger partial charge in [0.05, 0.1) is 11.1 Å². The molecule has 0 aliphatic carbocycles. The lowest BCUT2D eigenvalue weighted by Crippen LogP contribution is -2.02. The van der Waals surface area contributed by atoms with E-state index < -0.39 is 11.9 Å². The molecule has 0 saturated heterocycles. The van der Waals surface area contributed by atoms with Gasteiger partial charge in [0.2, 0.25) is 0 Å². The molecule has 1 rings (SSSR count). The van der Waals surface area contributed by atoms with Crippen LogP contribution in [-0.2, 0) is 4.79 Å². The highest BCUT2D eigenvalue weighted by molar-refractivity contribution is 5.94. The van der Waals surface area contributed by atoms with Crippen molar-refractivity contribution < 1.29 is 24.6 Å². The predicted molar refractivity (Wildman–Crippen MR) is 60.1 cm³/mol. The number of carbonyl (C=O) groups excluding carboxylic acids is 1. The van der Waals surface area contributed by atoms with Crippen LogP contribution >= 0.6 is 0 Å². The zero-order valence-corrected chi connectivity index (χ0v) is 8.79. The summed E-state index contributed by atoms with van der Waals surface area (Å²) in [4.78, 5) is 31.7. The van der Waals surface area contributed by atoms with E-state index in [2.05, 4.69) is 0 Å². The molecule has 0 fully saturated rings. The monoisotopic (exact) mass is 234 g/mol. The largest absolute Gasteiger partial charge is 0.478 e. The molecule has 0 atom stereocenters. The van der Waals surface area contributed by atoms with E-state index in [4.69, 9.17) is 10.2 Å². The lowest BCUT2D eigenvalue weighted by molar-refractivity contribution is -0.107. The Morgan fingerprint density at radius 2 is 1.59 bits per heavy atom. The van der Waals surface area contributed by atoms with Crippen LogP contribution in [-0.4, -0.2) is 28.4 Å². The molecule has 1 aromatic rings. The molecule has 0 heterocycles. The fourth-order valence-electron chi connectivity index (χ4n) is 1.25. The van der Waals surface area contributed by atoms with Gasteiger partial charge in [-0.25, -0.2) is 9.59 Å². The van der Waals surface area contributed by atoms with Gasteiger partial charge in [0.15, 0.2) is 0 Å². The van der Waals surface area contributed by atoms with Crippen LogP contribution < -0.4 is 0 Å². The molecular formula is C12H10O5. The Morgan fingerprint density at radius 1 is 1.06 bits per heavy atom. The normalized spacial score (nSPS) is 10.4.